The van der Waals surface area contributed by atoms with E-state index in [1.54, 1.807) is 0 Å². The first-order valence-corrected chi connectivity index (χ1v) is 6.80. The van der Waals surface area contributed by atoms with Crippen LogP contribution in [0.2, 0.25) is 0 Å². The molecule has 17 heavy (non-hydrogen) atoms. The van der Waals surface area contributed by atoms with Crippen LogP contribution in [0.1, 0.15) is 38.5 Å². The Bertz CT molecular complexity index is 272. The Balaban J connectivity index is 1.88. The molecule has 0 bridgehead atoms. The fraction of sp³-hybridized carbons (Fsp3) is 0.923. The standard InChI is InChI=1S/C13H25N3O/c1-16-10-6-9-14-12(16)15-11-13(17-2)7-4-3-5-8-13/h3-11H2,1-2H3,(H,14,15). The molecule has 98 valence electrons. The highest BCUT2D eigenvalue weighted by Crippen LogP contribution is 2.30. The third kappa shape index (κ3) is 3.12. The molecule has 4 nitrogen and oxygen atoms in total. The largest absolute Gasteiger partial charge is 0.376 e. The summed E-state index contributed by atoms with van der Waals surface area (Å²) in [4.78, 5) is 6.74. The number of aliphatic imine (C=N–C) groups is 1. The Hall–Kier alpha value is -0.770. The van der Waals surface area contributed by atoms with Gasteiger partial charge in [-0.3, -0.25) is 4.99 Å². The lowest BCUT2D eigenvalue weighted by atomic mass is 9.84. The maximum Gasteiger partial charge on any atom is 0.193 e. The van der Waals surface area contributed by atoms with Crippen LogP contribution in [-0.4, -0.2) is 50.3 Å². The second kappa shape index (κ2) is 5.71. The molecule has 1 saturated carbocycles. The number of nitrogens with zero attached hydrogens (tertiary/aromatic N) is 2. The summed E-state index contributed by atoms with van der Waals surface area (Å²) < 4.78 is 5.77. The van der Waals surface area contributed by atoms with Crippen molar-refractivity contribution < 1.29 is 4.74 Å². The first-order chi connectivity index (χ1) is 8.26. The number of rotatable bonds is 3. The molecule has 2 rings (SSSR count). The van der Waals surface area contributed by atoms with Gasteiger partial charge in [0.1, 0.15) is 0 Å². The van der Waals surface area contributed by atoms with Crippen LogP contribution in [0.5, 0.6) is 0 Å². The van der Waals surface area contributed by atoms with Crippen LogP contribution in [0.4, 0.5) is 0 Å². The van der Waals surface area contributed by atoms with Crippen molar-refractivity contribution in [3.05, 3.63) is 0 Å². The Morgan fingerprint density at radius 2 is 2.06 bits per heavy atom. The fourth-order valence-electron chi connectivity index (χ4n) is 2.80. The molecule has 2 aliphatic rings. The fourth-order valence-corrected chi connectivity index (χ4v) is 2.80. The van der Waals surface area contributed by atoms with Crippen LogP contribution in [0.3, 0.4) is 0 Å². The van der Waals surface area contributed by atoms with E-state index in [0.29, 0.717) is 0 Å². The van der Waals surface area contributed by atoms with E-state index in [1.807, 2.05) is 7.11 Å². The zero-order chi connectivity index (χ0) is 12.1. The summed E-state index contributed by atoms with van der Waals surface area (Å²) in [7, 11) is 3.95. The molecule has 0 radical (unpaired) electrons. The van der Waals surface area contributed by atoms with Crippen LogP contribution < -0.4 is 5.32 Å². The molecular weight excluding hydrogens is 214 g/mol. The third-order valence-electron chi connectivity index (χ3n) is 4.04. The summed E-state index contributed by atoms with van der Waals surface area (Å²) in [5.41, 5.74) is 0.0407. The minimum Gasteiger partial charge on any atom is -0.376 e. The topological polar surface area (TPSA) is 36.9 Å². The number of guanidine groups is 1. The second-order valence-corrected chi connectivity index (χ2v) is 5.28. The van der Waals surface area contributed by atoms with Gasteiger partial charge in [-0.15, -0.1) is 0 Å². The quantitative estimate of drug-likeness (QED) is 0.813. The Morgan fingerprint density at radius 1 is 1.29 bits per heavy atom. The Morgan fingerprint density at radius 3 is 2.71 bits per heavy atom. The monoisotopic (exact) mass is 239 g/mol. The Labute approximate surface area is 104 Å². The molecule has 0 saturated heterocycles. The molecule has 1 fully saturated rings. The van der Waals surface area contributed by atoms with Crippen molar-refractivity contribution in [3.63, 3.8) is 0 Å². The zero-order valence-electron chi connectivity index (χ0n) is 11.2. The average Bonchev–Trinajstić information content (AvgIpc) is 2.39. The molecule has 0 amide bonds. The number of nitrogens with one attached hydrogen (secondary N) is 1. The zero-order valence-corrected chi connectivity index (χ0v) is 11.2. The van der Waals surface area contributed by atoms with E-state index in [9.17, 15) is 0 Å². The van der Waals surface area contributed by atoms with Crippen molar-refractivity contribution in [2.45, 2.75) is 44.1 Å². The summed E-state index contributed by atoms with van der Waals surface area (Å²) in [5.74, 6) is 1.04. The number of methoxy groups -OCH3 is 1. The van der Waals surface area contributed by atoms with Crippen molar-refractivity contribution in [2.75, 3.05) is 33.8 Å². The highest BCUT2D eigenvalue weighted by atomic mass is 16.5. The molecule has 1 N–H and O–H groups in total. The molecule has 4 heteroatoms. The lowest BCUT2D eigenvalue weighted by molar-refractivity contribution is -0.0349. The van der Waals surface area contributed by atoms with E-state index in [4.69, 9.17) is 4.74 Å². The molecule has 0 aromatic heterocycles. The van der Waals surface area contributed by atoms with Gasteiger partial charge in [-0.05, 0) is 19.3 Å². The first-order valence-electron chi connectivity index (χ1n) is 6.80. The van der Waals surface area contributed by atoms with Crippen molar-refractivity contribution in [1.82, 2.24) is 10.2 Å². The van der Waals surface area contributed by atoms with Gasteiger partial charge in [0, 0.05) is 33.8 Å². The maximum atomic E-state index is 5.77. The van der Waals surface area contributed by atoms with E-state index < -0.39 is 0 Å². The predicted octanol–water partition coefficient (Wildman–Crippen LogP) is 1.62. The first kappa shape index (κ1) is 12.7. The molecule has 1 aliphatic heterocycles. The summed E-state index contributed by atoms with van der Waals surface area (Å²) in [6, 6.07) is 0. The minimum atomic E-state index is 0.0407. The van der Waals surface area contributed by atoms with Crippen LogP contribution in [0.25, 0.3) is 0 Å². The van der Waals surface area contributed by atoms with Gasteiger partial charge in [0.15, 0.2) is 5.96 Å². The Kier molecular flexibility index (Phi) is 4.26. The summed E-state index contributed by atoms with van der Waals surface area (Å²) in [6.07, 6.45) is 7.44. The van der Waals surface area contributed by atoms with Gasteiger partial charge in [0.05, 0.1) is 5.60 Å². The van der Waals surface area contributed by atoms with Crippen LogP contribution in [0.15, 0.2) is 4.99 Å². The lowest BCUT2D eigenvalue weighted by Crippen LogP contribution is -2.50. The summed E-state index contributed by atoms with van der Waals surface area (Å²) >= 11 is 0. The molecular formula is C13H25N3O. The van der Waals surface area contributed by atoms with E-state index in [0.717, 1.165) is 32.0 Å². The molecule has 0 aromatic rings. The van der Waals surface area contributed by atoms with Crippen LogP contribution in [-0.2, 0) is 4.74 Å². The van der Waals surface area contributed by atoms with Gasteiger partial charge < -0.3 is 15.0 Å². The average molecular weight is 239 g/mol. The summed E-state index contributed by atoms with van der Waals surface area (Å²) in [5, 5.41) is 3.48. The van der Waals surface area contributed by atoms with Crippen molar-refractivity contribution in [3.8, 4) is 0 Å². The molecule has 1 aliphatic carbocycles. The van der Waals surface area contributed by atoms with E-state index >= 15 is 0 Å². The second-order valence-electron chi connectivity index (χ2n) is 5.28. The molecule has 0 unspecified atom stereocenters. The van der Waals surface area contributed by atoms with Crippen LogP contribution in [0, 0.1) is 0 Å². The van der Waals surface area contributed by atoms with E-state index in [-0.39, 0.29) is 5.60 Å². The molecule has 1 heterocycles. The van der Waals surface area contributed by atoms with Crippen molar-refractivity contribution >= 4 is 5.96 Å². The van der Waals surface area contributed by atoms with Gasteiger partial charge in [-0.2, -0.15) is 0 Å². The van der Waals surface area contributed by atoms with Gasteiger partial charge >= 0.3 is 0 Å². The van der Waals surface area contributed by atoms with Gasteiger partial charge in [0.25, 0.3) is 0 Å². The van der Waals surface area contributed by atoms with Crippen LogP contribution >= 0.6 is 0 Å². The minimum absolute atomic E-state index is 0.0407. The number of hydrogen-bond acceptors (Lipinski definition) is 4. The summed E-state index contributed by atoms with van der Waals surface area (Å²) in [6.45, 7) is 2.95. The van der Waals surface area contributed by atoms with Gasteiger partial charge in [0.2, 0.25) is 0 Å². The normalized spacial score (nSPS) is 24.4. The smallest absolute Gasteiger partial charge is 0.193 e. The molecule has 0 spiro atoms. The highest BCUT2D eigenvalue weighted by molar-refractivity contribution is 5.80. The van der Waals surface area contributed by atoms with Gasteiger partial charge in [-0.25, -0.2) is 0 Å². The maximum absolute atomic E-state index is 5.77. The predicted molar refractivity (Wildman–Crippen MR) is 70.4 cm³/mol. The third-order valence-corrected chi connectivity index (χ3v) is 4.04. The molecule has 0 atom stereocenters. The van der Waals surface area contributed by atoms with Crippen molar-refractivity contribution in [2.24, 2.45) is 4.99 Å². The number of ether oxygens (including phenoxy) is 1. The SMILES string of the molecule is COC1(CNC2=NCCCN2C)CCCCC1. The van der Waals surface area contributed by atoms with Crippen molar-refractivity contribution in [1.29, 1.82) is 0 Å². The van der Waals surface area contributed by atoms with E-state index in [2.05, 4.69) is 22.3 Å². The van der Waals surface area contributed by atoms with Gasteiger partial charge in [-0.1, -0.05) is 19.3 Å². The molecule has 0 aromatic carbocycles. The highest BCUT2D eigenvalue weighted by Gasteiger charge is 2.32. The van der Waals surface area contributed by atoms with E-state index in [1.165, 1.54) is 32.1 Å². The lowest BCUT2D eigenvalue weighted by Gasteiger charge is -2.37. The number of hydrogen-bond donors (Lipinski definition) is 1.